The summed E-state index contributed by atoms with van der Waals surface area (Å²) in [5, 5.41) is 8.42. The third-order valence-electron chi connectivity index (χ3n) is 1.40. The summed E-state index contributed by atoms with van der Waals surface area (Å²) >= 11 is 3.37. The van der Waals surface area contributed by atoms with Gasteiger partial charge in [0.05, 0.1) is 18.2 Å². The van der Waals surface area contributed by atoms with E-state index in [9.17, 15) is 0 Å². The van der Waals surface area contributed by atoms with Crippen LogP contribution in [0.25, 0.3) is 0 Å². The highest BCUT2D eigenvalue weighted by molar-refractivity contribution is 9.10. The molecular weight excluding hydrogens is 204 g/mol. The van der Waals surface area contributed by atoms with Crippen molar-refractivity contribution in [3.63, 3.8) is 0 Å². The predicted octanol–water partition coefficient (Wildman–Crippen LogP) is 2.22. The second-order valence-corrected chi connectivity index (χ2v) is 3.02. The van der Waals surface area contributed by atoms with Gasteiger partial charge in [-0.25, -0.2) is 0 Å². The lowest BCUT2D eigenvalue weighted by molar-refractivity contribution is 1.08. The summed E-state index contributed by atoms with van der Waals surface area (Å²) in [5.74, 6) is 0. The summed E-state index contributed by atoms with van der Waals surface area (Å²) in [4.78, 5) is 4.06. The molecule has 2 nitrogen and oxygen atoms in total. The van der Waals surface area contributed by atoms with Crippen LogP contribution in [0.2, 0.25) is 0 Å². The third-order valence-corrected chi connectivity index (χ3v) is 2.48. The topological polar surface area (TPSA) is 36.7 Å². The Bertz CT molecular complexity index is 301. The van der Waals surface area contributed by atoms with Crippen LogP contribution in [0.1, 0.15) is 11.3 Å². The fraction of sp³-hybridized carbons (Fsp3) is 0.250. The largest absolute Gasteiger partial charge is 0.259 e. The second-order valence-electron chi connectivity index (χ2n) is 2.22. The van der Waals surface area contributed by atoms with E-state index in [4.69, 9.17) is 5.26 Å². The Balaban J connectivity index is 3.08. The molecule has 0 radical (unpaired) electrons. The predicted molar refractivity (Wildman–Crippen MR) is 46.0 cm³/mol. The molecule has 1 heterocycles. The van der Waals surface area contributed by atoms with Gasteiger partial charge in [0.1, 0.15) is 0 Å². The standard InChI is InChI=1S/C8H7BrN2/c1-6-3-5-11-7(2-4-10)8(6)9/h3,5H,2H2,1H3. The fourth-order valence-electron chi connectivity index (χ4n) is 0.795. The summed E-state index contributed by atoms with van der Waals surface area (Å²) < 4.78 is 0.946. The maximum Gasteiger partial charge on any atom is 0.0786 e. The van der Waals surface area contributed by atoms with Crippen molar-refractivity contribution in [2.75, 3.05) is 0 Å². The number of halogens is 1. The van der Waals surface area contributed by atoms with E-state index >= 15 is 0 Å². The van der Waals surface area contributed by atoms with Crippen LogP contribution in [-0.2, 0) is 6.42 Å². The Hall–Kier alpha value is -0.880. The zero-order valence-electron chi connectivity index (χ0n) is 6.13. The molecule has 0 atom stereocenters. The van der Waals surface area contributed by atoms with Gasteiger partial charge in [-0.15, -0.1) is 0 Å². The van der Waals surface area contributed by atoms with Crippen LogP contribution in [0, 0.1) is 18.3 Å². The summed E-state index contributed by atoms with van der Waals surface area (Å²) in [5.41, 5.74) is 1.93. The minimum absolute atomic E-state index is 0.363. The van der Waals surface area contributed by atoms with Gasteiger partial charge in [0, 0.05) is 10.7 Å². The van der Waals surface area contributed by atoms with Gasteiger partial charge in [0.25, 0.3) is 0 Å². The fourth-order valence-corrected chi connectivity index (χ4v) is 1.17. The number of rotatable bonds is 1. The van der Waals surface area contributed by atoms with E-state index in [0.29, 0.717) is 6.42 Å². The average molecular weight is 211 g/mol. The monoisotopic (exact) mass is 210 g/mol. The molecule has 1 aromatic heterocycles. The maximum atomic E-state index is 8.42. The van der Waals surface area contributed by atoms with Crippen molar-refractivity contribution in [3.8, 4) is 6.07 Å². The third kappa shape index (κ3) is 1.78. The smallest absolute Gasteiger partial charge is 0.0786 e. The Morgan fingerprint density at radius 3 is 3.09 bits per heavy atom. The van der Waals surface area contributed by atoms with E-state index in [1.165, 1.54) is 0 Å². The maximum absolute atomic E-state index is 8.42. The Labute approximate surface area is 74.0 Å². The van der Waals surface area contributed by atoms with Gasteiger partial charge in [0.2, 0.25) is 0 Å². The number of pyridine rings is 1. The highest BCUT2D eigenvalue weighted by Gasteiger charge is 2.01. The van der Waals surface area contributed by atoms with Crippen LogP contribution in [0.5, 0.6) is 0 Å². The molecule has 0 aliphatic carbocycles. The van der Waals surface area contributed by atoms with E-state index < -0.39 is 0 Å². The SMILES string of the molecule is Cc1ccnc(CC#N)c1Br. The molecule has 0 aliphatic heterocycles. The summed E-state index contributed by atoms with van der Waals surface area (Å²) in [6.45, 7) is 1.98. The van der Waals surface area contributed by atoms with Crippen LogP contribution >= 0.6 is 15.9 Å². The Morgan fingerprint density at radius 2 is 2.45 bits per heavy atom. The minimum atomic E-state index is 0.363. The molecule has 0 saturated heterocycles. The van der Waals surface area contributed by atoms with Crippen molar-refractivity contribution in [3.05, 3.63) is 28.0 Å². The molecule has 0 fully saturated rings. The van der Waals surface area contributed by atoms with E-state index in [1.54, 1.807) is 6.20 Å². The molecule has 0 spiro atoms. The zero-order chi connectivity index (χ0) is 8.27. The van der Waals surface area contributed by atoms with E-state index in [0.717, 1.165) is 15.7 Å². The lowest BCUT2D eigenvalue weighted by Crippen LogP contribution is -1.90. The van der Waals surface area contributed by atoms with Gasteiger partial charge in [-0.05, 0) is 34.5 Å². The molecule has 0 aromatic carbocycles. The number of hydrogen-bond donors (Lipinski definition) is 0. The van der Waals surface area contributed by atoms with Gasteiger partial charge >= 0.3 is 0 Å². The first-order valence-corrected chi connectivity index (χ1v) is 4.02. The van der Waals surface area contributed by atoms with Crippen LogP contribution in [0.3, 0.4) is 0 Å². The van der Waals surface area contributed by atoms with Crippen LogP contribution in [0.15, 0.2) is 16.7 Å². The number of nitrogens with zero attached hydrogens (tertiary/aromatic N) is 2. The molecule has 1 aromatic rings. The molecule has 56 valence electrons. The van der Waals surface area contributed by atoms with E-state index in [2.05, 4.69) is 27.0 Å². The Kier molecular flexibility index (Phi) is 2.61. The summed E-state index contributed by atoms with van der Waals surface area (Å²) in [6.07, 6.45) is 2.08. The highest BCUT2D eigenvalue weighted by Crippen LogP contribution is 2.18. The molecule has 0 amide bonds. The van der Waals surface area contributed by atoms with Crippen molar-refractivity contribution in [1.29, 1.82) is 5.26 Å². The molecule has 0 aliphatic rings. The van der Waals surface area contributed by atoms with Gasteiger partial charge in [-0.3, -0.25) is 4.98 Å². The molecule has 11 heavy (non-hydrogen) atoms. The van der Waals surface area contributed by atoms with Crippen molar-refractivity contribution >= 4 is 15.9 Å². The quantitative estimate of drug-likeness (QED) is 0.713. The van der Waals surface area contributed by atoms with Crippen molar-refractivity contribution in [2.24, 2.45) is 0 Å². The number of aromatic nitrogens is 1. The van der Waals surface area contributed by atoms with Gasteiger partial charge in [0.15, 0.2) is 0 Å². The lowest BCUT2D eigenvalue weighted by atomic mass is 10.2. The van der Waals surface area contributed by atoms with Crippen LogP contribution < -0.4 is 0 Å². The number of aryl methyl sites for hydroxylation is 1. The summed E-state index contributed by atoms with van der Waals surface area (Å²) in [6, 6.07) is 3.97. The van der Waals surface area contributed by atoms with Gasteiger partial charge in [-0.1, -0.05) is 0 Å². The normalized spacial score (nSPS) is 9.18. The number of nitriles is 1. The zero-order valence-corrected chi connectivity index (χ0v) is 7.72. The summed E-state index contributed by atoms with van der Waals surface area (Å²) in [7, 11) is 0. The number of hydrogen-bond acceptors (Lipinski definition) is 2. The first-order valence-electron chi connectivity index (χ1n) is 3.22. The van der Waals surface area contributed by atoms with Gasteiger partial charge in [-0.2, -0.15) is 5.26 Å². The average Bonchev–Trinajstić information content (AvgIpc) is 1.99. The first kappa shape index (κ1) is 8.22. The lowest BCUT2D eigenvalue weighted by Gasteiger charge is -2.00. The molecule has 3 heteroatoms. The molecule has 0 N–H and O–H groups in total. The van der Waals surface area contributed by atoms with Crippen molar-refractivity contribution < 1.29 is 0 Å². The first-order chi connectivity index (χ1) is 5.25. The molecular formula is C8H7BrN2. The van der Waals surface area contributed by atoms with Crippen LogP contribution in [0.4, 0.5) is 0 Å². The molecule has 0 unspecified atom stereocenters. The molecule has 1 rings (SSSR count). The van der Waals surface area contributed by atoms with Crippen molar-refractivity contribution in [1.82, 2.24) is 4.98 Å². The highest BCUT2D eigenvalue weighted by atomic mass is 79.9. The van der Waals surface area contributed by atoms with E-state index in [-0.39, 0.29) is 0 Å². The minimum Gasteiger partial charge on any atom is -0.259 e. The van der Waals surface area contributed by atoms with Gasteiger partial charge < -0.3 is 0 Å². The molecule has 0 saturated carbocycles. The van der Waals surface area contributed by atoms with Crippen molar-refractivity contribution in [2.45, 2.75) is 13.3 Å². The Morgan fingerprint density at radius 1 is 1.73 bits per heavy atom. The van der Waals surface area contributed by atoms with Crippen LogP contribution in [-0.4, -0.2) is 4.98 Å². The van der Waals surface area contributed by atoms with E-state index in [1.807, 2.05) is 13.0 Å². The second kappa shape index (κ2) is 3.49. The molecule has 0 bridgehead atoms.